The first-order valence-corrected chi connectivity index (χ1v) is 7.77. The minimum atomic E-state index is 0.0741. The van der Waals surface area contributed by atoms with Crippen molar-refractivity contribution in [3.05, 3.63) is 0 Å². The first-order chi connectivity index (χ1) is 9.08. The van der Waals surface area contributed by atoms with Crippen LogP contribution in [0, 0.1) is 11.8 Å². The molecule has 19 heavy (non-hydrogen) atoms. The Bertz CT molecular complexity index is 300. The van der Waals surface area contributed by atoms with Crippen LogP contribution in [0.5, 0.6) is 0 Å². The van der Waals surface area contributed by atoms with Gasteiger partial charge in [0, 0.05) is 19.6 Å². The van der Waals surface area contributed by atoms with Crippen LogP contribution in [0.4, 0.5) is 0 Å². The maximum atomic E-state index is 12.5. The first-order valence-electron chi connectivity index (χ1n) is 7.77. The normalized spacial score (nSPS) is 30.3. The van der Waals surface area contributed by atoms with Crippen molar-refractivity contribution in [3.8, 4) is 0 Å². The Labute approximate surface area is 117 Å². The average molecular weight is 267 g/mol. The van der Waals surface area contributed by atoms with Crippen molar-refractivity contribution in [1.29, 1.82) is 0 Å². The molecule has 1 heterocycles. The van der Waals surface area contributed by atoms with Crippen LogP contribution in [0.15, 0.2) is 0 Å². The van der Waals surface area contributed by atoms with Crippen molar-refractivity contribution in [2.45, 2.75) is 44.6 Å². The third-order valence-electron chi connectivity index (χ3n) is 4.88. The third-order valence-corrected chi connectivity index (χ3v) is 4.88. The molecule has 0 bridgehead atoms. The van der Waals surface area contributed by atoms with E-state index < -0.39 is 0 Å². The number of likely N-dealkylation sites (tertiary alicyclic amines) is 1. The average Bonchev–Trinajstić information content (AvgIpc) is 2.41. The summed E-state index contributed by atoms with van der Waals surface area (Å²) in [6.07, 6.45) is 6.77. The Morgan fingerprint density at radius 1 is 1.21 bits per heavy atom. The molecule has 1 aliphatic carbocycles. The Morgan fingerprint density at radius 3 is 2.47 bits per heavy atom. The summed E-state index contributed by atoms with van der Waals surface area (Å²) >= 11 is 0. The molecule has 1 saturated carbocycles. The molecule has 2 unspecified atom stereocenters. The van der Waals surface area contributed by atoms with Crippen LogP contribution < -0.4 is 5.73 Å². The quantitative estimate of drug-likeness (QED) is 0.838. The summed E-state index contributed by atoms with van der Waals surface area (Å²) in [6.45, 7) is 3.24. The Morgan fingerprint density at radius 2 is 1.84 bits per heavy atom. The van der Waals surface area contributed by atoms with E-state index in [0.717, 1.165) is 38.9 Å². The smallest absolute Gasteiger partial charge is 0.226 e. The van der Waals surface area contributed by atoms with Gasteiger partial charge in [0.25, 0.3) is 0 Å². The highest BCUT2D eigenvalue weighted by atomic mass is 16.2. The summed E-state index contributed by atoms with van der Waals surface area (Å²) in [5.74, 6) is 1.03. The maximum Gasteiger partial charge on any atom is 0.226 e. The van der Waals surface area contributed by atoms with Gasteiger partial charge in [-0.2, -0.15) is 0 Å². The van der Waals surface area contributed by atoms with E-state index in [1.807, 2.05) is 11.9 Å². The number of rotatable bonds is 3. The molecule has 0 aromatic rings. The second-order valence-corrected chi connectivity index (χ2v) is 6.52. The minimum absolute atomic E-state index is 0.0741. The van der Waals surface area contributed by atoms with E-state index in [2.05, 4.69) is 11.9 Å². The number of carbonyl (C=O) groups excluding carboxylic acids is 1. The van der Waals surface area contributed by atoms with E-state index in [1.54, 1.807) is 0 Å². The largest absolute Gasteiger partial charge is 0.345 e. The third kappa shape index (κ3) is 3.93. The first kappa shape index (κ1) is 14.8. The Balaban J connectivity index is 1.81. The monoisotopic (exact) mass is 267 g/mol. The summed E-state index contributed by atoms with van der Waals surface area (Å²) < 4.78 is 0. The molecule has 0 spiro atoms. The number of nitrogens with two attached hydrogens (primary N) is 1. The zero-order valence-corrected chi connectivity index (χ0v) is 12.5. The summed E-state index contributed by atoms with van der Waals surface area (Å²) in [6, 6.07) is 0.0844. The number of nitrogens with zero attached hydrogens (tertiary/aromatic N) is 2. The molecule has 0 radical (unpaired) electrons. The van der Waals surface area contributed by atoms with Gasteiger partial charge in [0.2, 0.25) is 5.91 Å². The van der Waals surface area contributed by atoms with Gasteiger partial charge >= 0.3 is 0 Å². The van der Waals surface area contributed by atoms with Crippen LogP contribution in [0.2, 0.25) is 0 Å². The van der Waals surface area contributed by atoms with Crippen molar-refractivity contribution in [1.82, 2.24) is 9.80 Å². The van der Waals surface area contributed by atoms with Gasteiger partial charge in [-0.1, -0.05) is 12.8 Å². The molecule has 1 amide bonds. The van der Waals surface area contributed by atoms with Gasteiger partial charge in [0.1, 0.15) is 0 Å². The maximum absolute atomic E-state index is 12.5. The number of hydrogen-bond donors (Lipinski definition) is 1. The molecule has 0 aromatic heterocycles. The van der Waals surface area contributed by atoms with Crippen LogP contribution in [-0.2, 0) is 4.79 Å². The van der Waals surface area contributed by atoms with Gasteiger partial charge in [0.05, 0.1) is 5.92 Å². The fourth-order valence-electron chi connectivity index (χ4n) is 3.47. The van der Waals surface area contributed by atoms with Crippen LogP contribution in [0.3, 0.4) is 0 Å². The molecular weight excluding hydrogens is 238 g/mol. The van der Waals surface area contributed by atoms with E-state index in [1.165, 1.54) is 19.3 Å². The highest BCUT2D eigenvalue weighted by Gasteiger charge is 2.31. The van der Waals surface area contributed by atoms with Crippen molar-refractivity contribution in [2.24, 2.45) is 17.6 Å². The molecule has 2 rings (SSSR count). The van der Waals surface area contributed by atoms with Crippen LogP contribution >= 0.6 is 0 Å². The number of carbonyl (C=O) groups is 1. The van der Waals surface area contributed by atoms with Crippen molar-refractivity contribution in [2.75, 3.05) is 33.7 Å². The molecule has 0 aromatic carbocycles. The molecule has 1 saturated heterocycles. The zero-order chi connectivity index (χ0) is 13.8. The van der Waals surface area contributed by atoms with Gasteiger partial charge in [-0.15, -0.1) is 0 Å². The van der Waals surface area contributed by atoms with E-state index in [4.69, 9.17) is 5.73 Å². The molecule has 2 aliphatic rings. The van der Waals surface area contributed by atoms with Gasteiger partial charge in [-0.05, 0) is 51.7 Å². The molecule has 2 fully saturated rings. The second kappa shape index (κ2) is 6.71. The van der Waals surface area contributed by atoms with E-state index >= 15 is 0 Å². The Kier molecular flexibility index (Phi) is 5.22. The predicted octanol–water partition coefficient (Wildman–Crippen LogP) is 1.30. The van der Waals surface area contributed by atoms with E-state index in [0.29, 0.717) is 5.92 Å². The van der Waals surface area contributed by atoms with Crippen molar-refractivity contribution in [3.63, 3.8) is 0 Å². The van der Waals surface area contributed by atoms with Crippen LogP contribution in [0.1, 0.15) is 38.5 Å². The molecule has 1 aliphatic heterocycles. The molecule has 2 N–H and O–H groups in total. The van der Waals surface area contributed by atoms with Gasteiger partial charge in [0.15, 0.2) is 0 Å². The zero-order valence-electron chi connectivity index (χ0n) is 12.5. The predicted molar refractivity (Wildman–Crippen MR) is 77.8 cm³/mol. The van der Waals surface area contributed by atoms with E-state index in [-0.39, 0.29) is 17.9 Å². The molecular formula is C15H29N3O. The summed E-state index contributed by atoms with van der Waals surface area (Å²) in [5, 5.41) is 0. The molecule has 4 nitrogen and oxygen atoms in total. The molecule has 110 valence electrons. The molecule has 2 atom stereocenters. The van der Waals surface area contributed by atoms with Gasteiger partial charge in [-0.3, -0.25) is 4.79 Å². The standard InChI is InChI=1S/C15H29N3O/c1-17-9-7-12(8-10-17)11-18(2)15(19)13-5-3-4-6-14(13)16/h12-14H,3-11,16H2,1-2H3. The van der Waals surface area contributed by atoms with Crippen LogP contribution in [0.25, 0.3) is 0 Å². The van der Waals surface area contributed by atoms with Gasteiger partial charge in [-0.25, -0.2) is 0 Å². The van der Waals surface area contributed by atoms with Crippen molar-refractivity contribution >= 4 is 5.91 Å². The highest BCUT2D eigenvalue weighted by Crippen LogP contribution is 2.25. The van der Waals surface area contributed by atoms with Gasteiger partial charge < -0.3 is 15.5 Å². The van der Waals surface area contributed by atoms with Crippen LogP contribution in [-0.4, -0.2) is 55.5 Å². The number of hydrogen-bond acceptors (Lipinski definition) is 3. The topological polar surface area (TPSA) is 49.6 Å². The molecule has 4 heteroatoms. The highest BCUT2D eigenvalue weighted by molar-refractivity contribution is 5.79. The SMILES string of the molecule is CN1CCC(CN(C)C(=O)C2CCCCC2N)CC1. The lowest BCUT2D eigenvalue weighted by Crippen LogP contribution is -2.46. The summed E-state index contributed by atoms with van der Waals surface area (Å²) in [4.78, 5) is 16.8. The lowest BCUT2D eigenvalue weighted by Gasteiger charge is -2.35. The van der Waals surface area contributed by atoms with Crippen molar-refractivity contribution < 1.29 is 4.79 Å². The number of piperidine rings is 1. The fourth-order valence-corrected chi connectivity index (χ4v) is 3.47. The lowest BCUT2D eigenvalue weighted by molar-refractivity contribution is -0.136. The van der Waals surface area contributed by atoms with E-state index in [9.17, 15) is 4.79 Å². The summed E-state index contributed by atoms with van der Waals surface area (Å²) in [5.41, 5.74) is 6.11. The lowest BCUT2D eigenvalue weighted by atomic mass is 9.84. The summed E-state index contributed by atoms with van der Waals surface area (Å²) in [7, 11) is 4.13. The Hall–Kier alpha value is -0.610. The fraction of sp³-hybridized carbons (Fsp3) is 0.933. The minimum Gasteiger partial charge on any atom is -0.345 e. The second-order valence-electron chi connectivity index (χ2n) is 6.52. The number of amides is 1.